The Labute approximate surface area is 181 Å². The molecule has 0 nitrogen and oxygen atoms in total. The zero-order valence-corrected chi connectivity index (χ0v) is 20.2. The second-order valence-electron chi connectivity index (χ2n) is 12.6. The van der Waals surface area contributed by atoms with E-state index in [9.17, 15) is 0 Å². The summed E-state index contributed by atoms with van der Waals surface area (Å²) in [4.78, 5) is 0. The van der Waals surface area contributed by atoms with Crippen LogP contribution in [0.5, 0.6) is 0 Å². The quantitative estimate of drug-likeness (QED) is 0.400. The molecule has 0 aromatic heterocycles. The molecular weight excluding hydrogens is 360 g/mol. The molecule has 0 aromatic rings. The van der Waals surface area contributed by atoms with Crippen molar-refractivity contribution >= 4 is 11.6 Å². The summed E-state index contributed by atoms with van der Waals surface area (Å²) in [5.74, 6) is 6.75. The molecule has 28 heavy (non-hydrogen) atoms. The van der Waals surface area contributed by atoms with Crippen LogP contribution in [0.1, 0.15) is 112 Å². The third kappa shape index (κ3) is 3.61. The van der Waals surface area contributed by atoms with Crippen LogP contribution in [0.3, 0.4) is 0 Å². The van der Waals surface area contributed by atoms with Crippen LogP contribution in [-0.2, 0) is 0 Å². The van der Waals surface area contributed by atoms with Crippen molar-refractivity contribution in [2.75, 3.05) is 0 Å². The van der Waals surface area contributed by atoms with Crippen molar-refractivity contribution in [2.45, 2.75) is 117 Å². The van der Waals surface area contributed by atoms with E-state index in [2.05, 4.69) is 34.6 Å². The third-order valence-corrected chi connectivity index (χ3v) is 11.1. The minimum Gasteiger partial charge on any atom is -0.123 e. The Kier molecular flexibility index (Phi) is 6.22. The van der Waals surface area contributed by atoms with E-state index in [0.717, 1.165) is 41.4 Å². The molecule has 1 unspecified atom stereocenters. The van der Waals surface area contributed by atoms with Crippen molar-refractivity contribution in [2.24, 2.45) is 52.3 Å². The van der Waals surface area contributed by atoms with E-state index in [1.54, 1.807) is 0 Å². The lowest BCUT2D eigenvalue weighted by molar-refractivity contribution is -0.113. The topological polar surface area (TPSA) is 0 Å². The predicted octanol–water partition coefficient (Wildman–Crippen LogP) is 8.72. The van der Waals surface area contributed by atoms with Gasteiger partial charge in [-0.2, -0.15) is 0 Å². The molecule has 0 N–H and O–H groups in total. The van der Waals surface area contributed by atoms with Gasteiger partial charge in [0.15, 0.2) is 0 Å². The van der Waals surface area contributed by atoms with Crippen LogP contribution >= 0.6 is 11.6 Å². The number of alkyl halides is 1. The van der Waals surface area contributed by atoms with Crippen LogP contribution < -0.4 is 0 Å². The SMILES string of the molecule is CC(C)CCC[C@@H](C)[C@H]1CC[C@H]2[C@@H]3CC[C@H]4CCC(Cl)C[C@]4(C)[C@H]3CC[C@]12C. The Morgan fingerprint density at radius 1 is 0.821 bits per heavy atom. The average molecular weight is 407 g/mol. The molecule has 0 bridgehead atoms. The molecule has 0 amide bonds. The van der Waals surface area contributed by atoms with Gasteiger partial charge in [-0.15, -0.1) is 11.6 Å². The van der Waals surface area contributed by atoms with E-state index in [1.165, 1.54) is 77.0 Å². The van der Waals surface area contributed by atoms with Crippen molar-refractivity contribution in [3.63, 3.8) is 0 Å². The molecule has 0 heterocycles. The van der Waals surface area contributed by atoms with Gasteiger partial charge in [-0.1, -0.05) is 53.9 Å². The maximum absolute atomic E-state index is 6.73. The van der Waals surface area contributed by atoms with Crippen molar-refractivity contribution < 1.29 is 0 Å². The van der Waals surface area contributed by atoms with Crippen LogP contribution in [0, 0.1) is 52.3 Å². The van der Waals surface area contributed by atoms with Crippen molar-refractivity contribution in [1.82, 2.24) is 0 Å². The number of rotatable bonds is 5. The van der Waals surface area contributed by atoms with Crippen LogP contribution in [0.4, 0.5) is 0 Å². The van der Waals surface area contributed by atoms with Crippen molar-refractivity contribution in [3.05, 3.63) is 0 Å². The van der Waals surface area contributed by atoms with Crippen LogP contribution in [0.2, 0.25) is 0 Å². The highest BCUT2D eigenvalue weighted by Gasteiger charge is 2.60. The van der Waals surface area contributed by atoms with E-state index in [-0.39, 0.29) is 0 Å². The predicted molar refractivity (Wildman–Crippen MR) is 123 cm³/mol. The number of hydrogen-bond donors (Lipinski definition) is 0. The van der Waals surface area contributed by atoms with E-state index >= 15 is 0 Å². The molecule has 4 aliphatic rings. The molecule has 4 fully saturated rings. The maximum Gasteiger partial charge on any atom is 0.0341 e. The van der Waals surface area contributed by atoms with Gasteiger partial charge in [0, 0.05) is 5.38 Å². The second kappa shape index (κ2) is 8.09. The Hall–Kier alpha value is 0.290. The normalized spacial score (nSPS) is 49.4. The van der Waals surface area contributed by atoms with Gasteiger partial charge in [0.05, 0.1) is 0 Å². The van der Waals surface area contributed by atoms with Crippen molar-refractivity contribution in [1.29, 1.82) is 0 Å². The molecule has 1 heteroatoms. The van der Waals surface area contributed by atoms with Gasteiger partial charge in [-0.3, -0.25) is 0 Å². The lowest BCUT2D eigenvalue weighted by Crippen LogP contribution is -2.54. The summed E-state index contributed by atoms with van der Waals surface area (Å²) in [6.07, 6.45) is 17.4. The molecule has 4 rings (SSSR count). The summed E-state index contributed by atoms with van der Waals surface area (Å²) in [5.41, 5.74) is 1.19. The zero-order chi connectivity index (χ0) is 20.1. The van der Waals surface area contributed by atoms with Crippen molar-refractivity contribution in [3.8, 4) is 0 Å². The highest BCUT2D eigenvalue weighted by atomic mass is 35.5. The van der Waals surface area contributed by atoms with Gasteiger partial charge in [-0.25, -0.2) is 0 Å². The highest BCUT2D eigenvalue weighted by Crippen LogP contribution is 2.68. The monoisotopic (exact) mass is 406 g/mol. The minimum absolute atomic E-state index is 0.450. The van der Waals surface area contributed by atoms with Gasteiger partial charge in [0.25, 0.3) is 0 Å². The van der Waals surface area contributed by atoms with Gasteiger partial charge in [0.2, 0.25) is 0 Å². The summed E-state index contributed by atoms with van der Waals surface area (Å²) in [6, 6.07) is 0. The molecule has 0 saturated heterocycles. The summed E-state index contributed by atoms with van der Waals surface area (Å²) in [7, 11) is 0. The first-order valence-electron chi connectivity index (χ1n) is 12.9. The number of fused-ring (bicyclic) bond motifs is 5. The lowest BCUT2D eigenvalue weighted by atomic mass is 9.44. The molecule has 4 saturated carbocycles. The summed E-state index contributed by atoms with van der Waals surface area (Å²) in [6.45, 7) is 12.7. The molecule has 0 radical (unpaired) electrons. The van der Waals surface area contributed by atoms with E-state index in [1.807, 2.05) is 0 Å². The summed E-state index contributed by atoms with van der Waals surface area (Å²) in [5, 5.41) is 0.450. The average Bonchev–Trinajstić information content (AvgIpc) is 2.98. The standard InChI is InChI=1S/C27H47Cl/c1-18(2)7-6-8-19(3)23-13-14-24-22-12-10-20-9-11-21(28)17-27(20,5)25(22)15-16-26(23,24)4/h18-25H,6-17H2,1-5H3/t19-,20-,21?,22+,23-,24+,25+,26-,27+/m1/s1. The minimum atomic E-state index is 0.450. The van der Waals surface area contributed by atoms with E-state index in [0.29, 0.717) is 16.2 Å². The molecule has 162 valence electrons. The highest BCUT2D eigenvalue weighted by molar-refractivity contribution is 6.20. The molecular formula is C27H47Cl. The second-order valence-corrected chi connectivity index (χ2v) is 13.2. The van der Waals surface area contributed by atoms with Gasteiger partial charge in [-0.05, 0) is 110 Å². The smallest absolute Gasteiger partial charge is 0.0341 e. The van der Waals surface area contributed by atoms with E-state index in [4.69, 9.17) is 11.6 Å². The fourth-order valence-electron chi connectivity index (χ4n) is 9.31. The summed E-state index contributed by atoms with van der Waals surface area (Å²) < 4.78 is 0. The molecule has 0 aliphatic heterocycles. The maximum atomic E-state index is 6.73. The first-order valence-corrected chi connectivity index (χ1v) is 13.3. The molecule has 4 aliphatic carbocycles. The first-order chi connectivity index (χ1) is 13.3. The van der Waals surface area contributed by atoms with E-state index < -0.39 is 0 Å². The summed E-state index contributed by atoms with van der Waals surface area (Å²) >= 11 is 6.73. The fraction of sp³-hybridized carbons (Fsp3) is 1.00. The lowest BCUT2D eigenvalue weighted by Gasteiger charge is -2.61. The number of halogens is 1. The molecule has 9 atom stereocenters. The van der Waals surface area contributed by atoms with Gasteiger partial charge >= 0.3 is 0 Å². The largest absolute Gasteiger partial charge is 0.123 e. The van der Waals surface area contributed by atoms with Crippen LogP contribution in [0.15, 0.2) is 0 Å². The van der Waals surface area contributed by atoms with Crippen LogP contribution in [0.25, 0.3) is 0 Å². The molecule has 0 aromatic carbocycles. The Bertz CT molecular complexity index is 540. The number of hydrogen-bond acceptors (Lipinski definition) is 0. The Morgan fingerprint density at radius 2 is 1.54 bits per heavy atom. The Morgan fingerprint density at radius 3 is 2.29 bits per heavy atom. The third-order valence-electron chi connectivity index (χ3n) is 10.8. The fourth-order valence-corrected chi connectivity index (χ4v) is 9.77. The van der Waals surface area contributed by atoms with Gasteiger partial charge < -0.3 is 0 Å². The molecule has 0 spiro atoms. The van der Waals surface area contributed by atoms with Crippen LogP contribution in [-0.4, -0.2) is 5.38 Å². The first kappa shape index (κ1) is 21.5. The van der Waals surface area contributed by atoms with Gasteiger partial charge in [0.1, 0.15) is 0 Å². The Balaban J connectivity index is 1.47. The zero-order valence-electron chi connectivity index (χ0n) is 19.5.